The Balaban J connectivity index is 2.17. The Morgan fingerprint density at radius 1 is 0.892 bits per heavy atom. The van der Waals surface area contributed by atoms with Gasteiger partial charge in [0, 0.05) is 19.2 Å². The number of esters is 2. The van der Waals surface area contributed by atoms with Crippen molar-refractivity contribution in [1.82, 2.24) is 4.31 Å². The van der Waals surface area contributed by atoms with Crippen LogP contribution in [0.4, 0.5) is 0 Å². The second kappa shape index (κ2) is 16.0. The van der Waals surface area contributed by atoms with Crippen LogP contribution in [0.1, 0.15) is 62.6 Å². The first-order valence-corrected chi connectivity index (χ1v) is 14.4. The fourth-order valence-corrected chi connectivity index (χ4v) is 4.96. The summed E-state index contributed by atoms with van der Waals surface area (Å²) >= 11 is 0. The van der Waals surface area contributed by atoms with Crippen LogP contribution in [0.3, 0.4) is 0 Å². The molecule has 7 nitrogen and oxygen atoms in total. The molecule has 8 heteroatoms. The maximum Gasteiger partial charge on any atom is 0.330 e. The summed E-state index contributed by atoms with van der Waals surface area (Å²) < 4.78 is 38.7. The topological polar surface area (TPSA) is 90.0 Å². The summed E-state index contributed by atoms with van der Waals surface area (Å²) in [5.74, 6) is -0.823. The minimum Gasteiger partial charge on any atom is -0.466 e. The molecular weight excluding hydrogens is 490 g/mol. The van der Waals surface area contributed by atoms with Crippen molar-refractivity contribution in [2.75, 3.05) is 26.3 Å². The molecule has 0 N–H and O–H groups in total. The van der Waals surface area contributed by atoms with E-state index < -0.39 is 22.0 Å². The van der Waals surface area contributed by atoms with Gasteiger partial charge >= 0.3 is 11.9 Å². The summed E-state index contributed by atoms with van der Waals surface area (Å²) in [6.45, 7) is 6.83. The average Bonchev–Trinajstić information content (AvgIpc) is 2.88. The van der Waals surface area contributed by atoms with Crippen LogP contribution in [0.5, 0.6) is 0 Å². The van der Waals surface area contributed by atoms with Crippen LogP contribution in [0.25, 0.3) is 6.08 Å². The SMILES string of the molecule is CCCCOC(=O)/C=C/c1ccccc1CCN(CCC(=O)OCCCC)S(=O)(=O)c1ccc(C)cc1. The Morgan fingerprint density at radius 3 is 2.22 bits per heavy atom. The van der Waals surface area contributed by atoms with Gasteiger partial charge in [0.2, 0.25) is 10.0 Å². The Hall–Kier alpha value is -2.97. The lowest BCUT2D eigenvalue weighted by atomic mass is 10.0. The molecule has 2 aromatic rings. The van der Waals surface area contributed by atoms with E-state index in [0.717, 1.165) is 42.4 Å². The fourth-order valence-electron chi connectivity index (χ4n) is 3.52. The predicted octanol–water partition coefficient (Wildman–Crippen LogP) is 5.32. The Bertz CT molecular complexity index is 1130. The number of nitrogens with zero attached hydrogens (tertiary/aromatic N) is 1. The molecule has 0 aliphatic heterocycles. The van der Waals surface area contributed by atoms with Crippen molar-refractivity contribution in [3.63, 3.8) is 0 Å². The van der Waals surface area contributed by atoms with E-state index in [9.17, 15) is 18.0 Å². The fraction of sp³-hybridized carbons (Fsp3) is 0.448. The molecule has 0 fully saturated rings. The zero-order valence-corrected chi connectivity index (χ0v) is 23.0. The van der Waals surface area contributed by atoms with Crippen molar-refractivity contribution < 1.29 is 27.5 Å². The summed E-state index contributed by atoms with van der Waals surface area (Å²) in [5.41, 5.74) is 2.65. The van der Waals surface area contributed by atoms with Gasteiger partial charge in [-0.2, -0.15) is 4.31 Å². The molecule has 0 bridgehead atoms. The minimum absolute atomic E-state index is 0.0168. The number of carbonyl (C=O) groups excluding carboxylic acids is 2. The molecule has 0 saturated heterocycles. The molecule has 0 spiro atoms. The van der Waals surface area contributed by atoms with Gasteiger partial charge in [0.05, 0.1) is 24.5 Å². The molecule has 0 radical (unpaired) electrons. The van der Waals surface area contributed by atoms with E-state index in [-0.39, 0.29) is 24.4 Å². The molecule has 0 aliphatic rings. The number of carbonyl (C=O) groups is 2. The van der Waals surface area contributed by atoms with E-state index in [1.807, 2.05) is 45.0 Å². The molecule has 0 amide bonds. The van der Waals surface area contributed by atoms with Gasteiger partial charge in [-0.1, -0.05) is 68.7 Å². The van der Waals surface area contributed by atoms with Gasteiger partial charge in [0.15, 0.2) is 0 Å². The second-order valence-electron chi connectivity index (χ2n) is 8.84. The minimum atomic E-state index is -3.83. The normalized spacial score (nSPS) is 11.7. The third-order valence-corrected chi connectivity index (χ3v) is 7.72. The molecule has 2 rings (SSSR count). The molecule has 0 aliphatic carbocycles. The van der Waals surface area contributed by atoms with Gasteiger partial charge < -0.3 is 9.47 Å². The van der Waals surface area contributed by atoms with Crippen LogP contribution in [0.15, 0.2) is 59.5 Å². The molecule has 0 aromatic heterocycles. The predicted molar refractivity (Wildman–Crippen MR) is 145 cm³/mol. The largest absolute Gasteiger partial charge is 0.466 e. The van der Waals surface area contributed by atoms with Gasteiger partial charge in [-0.15, -0.1) is 0 Å². The van der Waals surface area contributed by atoms with Crippen LogP contribution < -0.4 is 0 Å². The van der Waals surface area contributed by atoms with Crippen LogP contribution in [0.2, 0.25) is 0 Å². The third kappa shape index (κ3) is 10.5. The molecule has 0 heterocycles. The number of ether oxygens (including phenoxy) is 2. The number of aryl methyl sites for hydroxylation is 1. The molecule has 37 heavy (non-hydrogen) atoms. The van der Waals surface area contributed by atoms with E-state index in [1.165, 1.54) is 10.4 Å². The van der Waals surface area contributed by atoms with E-state index in [1.54, 1.807) is 30.3 Å². The van der Waals surface area contributed by atoms with Crippen molar-refractivity contribution in [1.29, 1.82) is 0 Å². The van der Waals surface area contributed by atoms with E-state index >= 15 is 0 Å². The first kappa shape index (κ1) is 30.3. The number of sulfonamides is 1. The Morgan fingerprint density at radius 2 is 1.54 bits per heavy atom. The molecular formula is C29H39NO6S. The lowest BCUT2D eigenvalue weighted by Crippen LogP contribution is -2.35. The molecule has 0 atom stereocenters. The zero-order valence-electron chi connectivity index (χ0n) is 22.1. The highest BCUT2D eigenvalue weighted by Crippen LogP contribution is 2.19. The first-order chi connectivity index (χ1) is 17.8. The highest BCUT2D eigenvalue weighted by molar-refractivity contribution is 7.89. The van der Waals surface area contributed by atoms with Gasteiger partial charge in [-0.3, -0.25) is 4.79 Å². The highest BCUT2D eigenvalue weighted by atomic mass is 32.2. The lowest BCUT2D eigenvalue weighted by molar-refractivity contribution is -0.144. The second-order valence-corrected chi connectivity index (χ2v) is 10.8. The van der Waals surface area contributed by atoms with Crippen LogP contribution >= 0.6 is 0 Å². The van der Waals surface area contributed by atoms with Gasteiger partial charge in [-0.05, 0) is 55.5 Å². The van der Waals surface area contributed by atoms with Crippen molar-refractivity contribution in [2.24, 2.45) is 0 Å². The Kier molecular flexibility index (Phi) is 13.1. The maximum absolute atomic E-state index is 13.5. The molecule has 0 unspecified atom stereocenters. The van der Waals surface area contributed by atoms with E-state index in [4.69, 9.17) is 9.47 Å². The van der Waals surface area contributed by atoms with E-state index in [0.29, 0.717) is 19.6 Å². The first-order valence-electron chi connectivity index (χ1n) is 12.9. The molecule has 202 valence electrons. The van der Waals surface area contributed by atoms with Crippen LogP contribution in [0, 0.1) is 6.92 Å². The van der Waals surface area contributed by atoms with Crippen molar-refractivity contribution in [2.45, 2.75) is 64.2 Å². The molecule has 2 aromatic carbocycles. The van der Waals surface area contributed by atoms with Gasteiger partial charge in [-0.25, -0.2) is 13.2 Å². The van der Waals surface area contributed by atoms with Crippen molar-refractivity contribution in [3.05, 3.63) is 71.3 Å². The van der Waals surface area contributed by atoms with Crippen LogP contribution in [-0.4, -0.2) is 51.0 Å². The number of rotatable bonds is 16. The Labute approximate surface area is 221 Å². The standard InChI is InChI=1S/C29H39NO6S/c1-4-6-22-35-28(31)17-14-25-10-8-9-11-26(25)18-20-30(21-19-29(32)36-23-7-5-2)37(33,34)27-15-12-24(3)13-16-27/h8-17H,4-7,18-23H2,1-3H3/b17-14+. The summed E-state index contributed by atoms with van der Waals surface area (Å²) in [7, 11) is -3.83. The van der Waals surface area contributed by atoms with Gasteiger partial charge in [0.1, 0.15) is 0 Å². The third-order valence-electron chi connectivity index (χ3n) is 5.81. The van der Waals surface area contributed by atoms with E-state index in [2.05, 4.69) is 0 Å². The van der Waals surface area contributed by atoms with Crippen LogP contribution in [-0.2, 0) is 35.5 Å². The highest BCUT2D eigenvalue weighted by Gasteiger charge is 2.25. The number of benzene rings is 2. The summed E-state index contributed by atoms with van der Waals surface area (Å²) in [5, 5.41) is 0. The zero-order chi connectivity index (χ0) is 27.1. The lowest BCUT2D eigenvalue weighted by Gasteiger charge is -2.22. The summed E-state index contributed by atoms with van der Waals surface area (Å²) in [6, 6.07) is 14.2. The quantitative estimate of drug-likeness (QED) is 0.166. The van der Waals surface area contributed by atoms with Gasteiger partial charge in [0.25, 0.3) is 0 Å². The summed E-state index contributed by atoms with van der Waals surface area (Å²) in [4.78, 5) is 24.4. The van der Waals surface area contributed by atoms with Crippen molar-refractivity contribution >= 4 is 28.0 Å². The smallest absolute Gasteiger partial charge is 0.330 e. The average molecular weight is 530 g/mol. The summed E-state index contributed by atoms with van der Waals surface area (Å²) in [6.07, 6.45) is 6.89. The number of hydrogen-bond acceptors (Lipinski definition) is 6. The maximum atomic E-state index is 13.5. The molecule has 0 saturated carbocycles. The van der Waals surface area contributed by atoms with Crippen molar-refractivity contribution in [3.8, 4) is 0 Å². The number of hydrogen-bond donors (Lipinski definition) is 0. The number of unbranched alkanes of at least 4 members (excludes halogenated alkanes) is 2. The monoisotopic (exact) mass is 529 g/mol.